The van der Waals surface area contributed by atoms with Crippen molar-refractivity contribution in [3.63, 3.8) is 0 Å². The van der Waals surface area contributed by atoms with Crippen LogP contribution in [0.25, 0.3) is 0 Å². The standard InChI is InChI=1S/C20H30N2O4/c1-21(17-9-10-18(25-2)19(17)23)20(24)15-5-7-16(8-6-15)26-14-13-22-11-3-4-12-22/h5-8,17-19,23H,3-4,9-14H2,1-2H3/t17-,18-,19-/m1/s1. The Morgan fingerprint density at radius 3 is 2.54 bits per heavy atom. The molecule has 1 aromatic rings. The van der Waals surface area contributed by atoms with E-state index in [2.05, 4.69) is 4.90 Å². The van der Waals surface area contributed by atoms with Crippen molar-refractivity contribution >= 4 is 5.91 Å². The number of hydrogen-bond acceptors (Lipinski definition) is 5. The molecule has 1 aliphatic carbocycles. The van der Waals surface area contributed by atoms with Gasteiger partial charge in [0, 0.05) is 26.3 Å². The van der Waals surface area contributed by atoms with Crippen LogP contribution >= 0.6 is 0 Å². The number of benzene rings is 1. The van der Waals surface area contributed by atoms with E-state index in [4.69, 9.17) is 9.47 Å². The van der Waals surface area contributed by atoms with E-state index in [1.165, 1.54) is 25.9 Å². The smallest absolute Gasteiger partial charge is 0.253 e. The molecule has 144 valence electrons. The van der Waals surface area contributed by atoms with Crippen molar-refractivity contribution in [1.82, 2.24) is 9.80 Å². The molecule has 1 N–H and O–H groups in total. The molecular weight excluding hydrogens is 332 g/mol. The van der Waals surface area contributed by atoms with E-state index in [9.17, 15) is 9.90 Å². The first-order chi connectivity index (χ1) is 12.6. The van der Waals surface area contributed by atoms with E-state index in [0.717, 1.165) is 25.1 Å². The fourth-order valence-electron chi connectivity index (χ4n) is 3.95. The van der Waals surface area contributed by atoms with Crippen LogP contribution in [0.2, 0.25) is 0 Å². The fourth-order valence-corrected chi connectivity index (χ4v) is 3.95. The Labute approximate surface area is 155 Å². The molecule has 0 spiro atoms. The molecule has 6 nitrogen and oxygen atoms in total. The molecule has 0 radical (unpaired) electrons. The van der Waals surface area contributed by atoms with Crippen LogP contribution < -0.4 is 4.74 Å². The molecule has 1 saturated carbocycles. The molecule has 1 saturated heterocycles. The lowest BCUT2D eigenvalue weighted by Crippen LogP contribution is -2.44. The number of methoxy groups -OCH3 is 1. The van der Waals surface area contributed by atoms with Gasteiger partial charge in [0.05, 0.1) is 12.1 Å². The van der Waals surface area contributed by atoms with E-state index >= 15 is 0 Å². The summed E-state index contributed by atoms with van der Waals surface area (Å²) in [6, 6.07) is 7.06. The number of likely N-dealkylation sites (tertiary alicyclic amines) is 1. The van der Waals surface area contributed by atoms with E-state index in [-0.39, 0.29) is 18.1 Å². The average molecular weight is 362 g/mol. The highest BCUT2D eigenvalue weighted by molar-refractivity contribution is 5.94. The first-order valence-corrected chi connectivity index (χ1v) is 9.53. The van der Waals surface area contributed by atoms with Gasteiger partial charge >= 0.3 is 0 Å². The largest absolute Gasteiger partial charge is 0.492 e. The van der Waals surface area contributed by atoms with Gasteiger partial charge in [-0.2, -0.15) is 0 Å². The lowest BCUT2D eigenvalue weighted by Gasteiger charge is -2.28. The Morgan fingerprint density at radius 2 is 1.92 bits per heavy atom. The summed E-state index contributed by atoms with van der Waals surface area (Å²) in [6.45, 7) is 3.95. The summed E-state index contributed by atoms with van der Waals surface area (Å²) in [6.07, 6.45) is 3.25. The Balaban J connectivity index is 1.51. The number of hydrogen-bond donors (Lipinski definition) is 1. The van der Waals surface area contributed by atoms with Crippen LogP contribution in [0, 0.1) is 0 Å². The number of aliphatic hydroxyl groups is 1. The van der Waals surface area contributed by atoms with Gasteiger partial charge in [0.15, 0.2) is 0 Å². The van der Waals surface area contributed by atoms with Gasteiger partial charge in [0.25, 0.3) is 5.91 Å². The number of amides is 1. The van der Waals surface area contributed by atoms with Crippen LogP contribution in [0.15, 0.2) is 24.3 Å². The second kappa shape index (κ2) is 8.84. The van der Waals surface area contributed by atoms with Crippen LogP contribution in [-0.2, 0) is 4.74 Å². The lowest BCUT2D eigenvalue weighted by molar-refractivity contribution is -0.0156. The van der Waals surface area contributed by atoms with Gasteiger partial charge in [-0.1, -0.05) is 0 Å². The Kier molecular flexibility index (Phi) is 6.51. The van der Waals surface area contributed by atoms with Crippen LogP contribution in [0.4, 0.5) is 0 Å². The summed E-state index contributed by atoms with van der Waals surface area (Å²) in [5.41, 5.74) is 0.604. The lowest BCUT2D eigenvalue weighted by atomic mass is 10.1. The van der Waals surface area contributed by atoms with Crippen molar-refractivity contribution < 1.29 is 19.4 Å². The molecule has 1 heterocycles. The Bertz CT molecular complexity index is 586. The molecule has 0 unspecified atom stereocenters. The molecule has 1 aliphatic heterocycles. The predicted molar refractivity (Wildman–Crippen MR) is 99.5 cm³/mol. The SMILES string of the molecule is CO[C@@H]1CC[C@@H](N(C)C(=O)c2ccc(OCCN3CCCC3)cc2)[C@H]1O. The van der Waals surface area contributed by atoms with Crippen molar-refractivity contribution in [2.45, 2.75) is 43.9 Å². The Hall–Kier alpha value is -1.63. The normalized spacial score (nSPS) is 26.2. The van der Waals surface area contributed by atoms with E-state index < -0.39 is 6.10 Å². The second-order valence-electron chi connectivity index (χ2n) is 7.25. The minimum absolute atomic E-state index is 0.0885. The zero-order valence-electron chi connectivity index (χ0n) is 15.8. The van der Waals surface area contributed by atoms with Gasteiger partial charge in [0.1, 0.15) is 18.5 Å². The first kappa shape index (κ1) is 19.1. The van der Waals surface area contributed by atoms with Crippen LogP contribution in [0.1, 0.15) is 36.0 Å². The van der Waals surface area contributed by atoms with Crippen LogP contribution in [-0.4, -0.2) is 79.5 Å². The van der Waals surface area contributed by atoms with Crippen molar-refractivity contribution in [1.29, 1.82) is 0 Å². The maximum absolute atomic E-state index is 12.7. The van der Waals surface area contributed by atoms with Crippen molar-refractivity contribution in [3.8, 4) is 5.75 Å². The number of nitrogens with zero attached hydrogens (tertiary/aromatic N) is 2. The first-order valence-electron chi connectivity index (χ1n) is 9.53. The van der Waals surface area contributed by atoms with E-state index in [0.29, 0.717) is 12.2 Å². The van der Waals surface area contributed by atoms with Crippen molar-refractivity contribution in [2.75, 3.05) is 40.4 Å². The molecule has 0 bridgehead atoms. The van der Waals surface area contributed by atoms with Gasteiger partial charge in [-0.15, -0.1) is 0 Å². The number of carbonyl (C=O) groups excluding carboxylic acids is 1. The van der Waals surface area contributed by atoms with Gasteiger partial charge in [0.2, 0.25) is 0 Å². The summed E-state index contributed by atoms with van der Waals surface area (Å²) >= 11 is 0. The summed E-state index contributed by atoms with van der Waals surface area (Å²) in [7, 11) is 3.34. The summed E-state index contributed by atoms with van der Waals surface area (Å²) < 4.78 is 11.1. The highest BCUT2D eigenvalue weighted by atomic mass is 16.5. The van der Waals surface area contributed by atoms with Crippen molar-refractivity contribution in [3.05, 3.63) is 29.8 Å². The topological polar surface area (TPSA) is 62.2 Å². The Morgan fingerprint density at radius 1 is 1.23 bits per heavy atom. The average Bonchev–Trinajstić information content (AvgIpc) is 3.30. The second-order valence-corrected chi connectivity index (χ2v) is 7.25. The van der Waals surface area contributed by atoms with Crippen LogP contribution in [0.3, 0.4) is 0 Å². The van der Waals surface area contributed by atoms with Gasteiger partial charge in [-0.3, -0.25) is 9.69 Å². The number of rotatable bonds is 7. The third-order valence-electron chi connectivity index (χ3n) is 5.62. The molecule has 2 aliphatic rings. The number of aliphatic hydroxyl groups excluding tert-OH is 1. The van der Waals surface area contributed by atoms with E-state index in [1.807, 2.05) is 12.1 Å². The number of likely N-dealkylation sites (N-methyl/N-ethyl adjacent to an activating group) is 1. The molecule has 1 aromatic carbocycles. The zero-order valence-corrected chi connectivity index (χ0v) is 15.8. The molecule has 26 heavy (non-hydrogen) atoms. The van der Waals surface area contributed by atoms with E-state index in [1.54, 1.807) is 31.2 Å². The van der Waals surface area contributed by atoms with Gasteiger partial charge in [-0.25, -0.2) is 0 Å². The molecule has 3 rings (SSSR count). The highest BCUT2D eigenvalue weighted by Crippen LogP contribution is 2.27. The number of ether oxygens (including phenoxy) is 2. The minimum Gasteiger partial charge on any atom is -0.492 e. The molecule has 6 heteroatoms. The highest BCUT2D eigenvalue weighted by Gasteiger charge is 2.38. The predicted octanol–water partition coefficient (Wildman–Crippen LogP) is 1.77. The fraction of sp³-hybridized carbons (Fsp3) is 0.650. The third kappa shape index (κ3) is 4.37. The minimum atomic E-state index is -0.637. The maximum Gasteiger partial charge on any atom is 0.253 e. The van der Waals surface area contributed by atoms with Gasteiger partial charge < -0.3 is 19.5 Å². The molecular formula is C20H30N2O4. The maximum atomic E-state index is 12.7. The quantitative estimate of drug-likeness (QED) is 0.801. The zero-order chi connectivity index (χ0) is 18.5. The molecule has 0 aromatic heterocycles. The molecule has 2 fully saturated rings. The molecule has 1 amide bonds. The van der Waals surface area contributed by atoms with Crippen LogP contribution in [0.5, 0.6) is 5.75 Å². The number of carbonyl (C=O) groups is 1. The van der Waals surface area contributed by atoms with Crippen molar-refractivity contribution in [2.24, 2.45) is 0 Å². The summed E-state index contributed by atoms with van der Waals surface area (Å²) in [4.78, 5) is 16.7. The summed E-state index contributed by atoms with van der Waals surface area (Å²) in [5, 5.41) is 10.3. The monoisotopic (exact) mass is 362 g/mol. The van der Waals surface area contributed by atoms with Gasteiger partial charge in [-0.05, 0) is 63.0 Å². The third-order valence-corrected chi connectivity index (χ3v) is 5.62. The summed E-state index contributed by atoms with van der Waals surface area (Å²) in [5.74, 6) is 0.693. The molecule has 3 atom stereocenters.